The van der Waals surface area contributed by atoms with Crippen LogP contribution in [0.2, 0.25) is 0 Å². The van der Waals surface area contributed by atoms with Crippen LogP contribution in [0.25, 0.3) is 0 Å². The van der Waals surface area contributed by atoms with E-state index in [1.54, 1.807) is 13.3 Å². The molecule has 0 atom stereocenters. The average molecular weight is 258 g/mol. The molecule has 2 rings (SSSR count). The summed E-state index contributed by atoms with van der Waals surface area (Å²) in [6.07, 6.45) is 2.79. The summed E-state index contributed by atoms with van der Waals surface area (Å²) in [6.45, 7) is 3.01. The van der Waals surface area contributed by atoms with Crippen LogP contribution in [-0.2, 0) is 0 Å². The van der Waals surface area contributed by atoms with Crippen molar-refractivity contribution in [3.63, 3.8) is 0 Å². The Labute approximate surface area is 113 Å². The lowest BCUT2D eigenvalue weighted by atomic mass is 10.3. The van der Waals surface area contributed by atoms with Crippen LogP contribution in [0.1, 0.15) is 13.3 Å². The molecule has 0 aliphatic rings. The van der Waals surface area contributed by atoms with Crippen LogP contribution in [0, 0.1) is 0 Å². The Morgan fingerprint density at radius 3 is 2.95 bits per heavy atom. The highest BCUT2D eigenvalue weighted by Gasteiger charge is 2.00. The van der Waals surface area contributed by atoms with E-state index >= 15 is 0 Å². The molecule has 0 aliphatic carbocycles. The standard InChI is InChI=1S/C14H18N4O/c1-3-8-15-13-7-9-16-14(18-13)17-11-5-4-6-12(10-11)19-2/h4-7,9-10H,3,8H2,1-2H3,(H2,15,16,17,18). The SMILES string of the molecule is CCCNc1ccnc(Nc2cccc(OC)c2)n1. The van der Waals surface area contributed by atoms with Crippen LogP contribution < -0.4 is 15.4 Å². The molecular weight excluding hydrogens is 240 g/mol. The third-order valence-corrected chi connectivity index (χ3v) is 2.54. The summed E-state index contributed by atoms with van der Waals surface area (Å²) < 4.78 is 5.18. The molecule has 5 heteroatoms. The summed E-state index contributed by atoms with van der Waals surface area (Å²) >= 11 is 0. The number of hydrogen-bond donors (Lipinski definition) is 2. The Balaban J connectivity index is 2.09. The van der Waals surface area contributed by atoms with Gasteiger partial charge < -0.3 is 15.4 Å². The van der Waals surface area contributed by atoms with Gasteiger partial charge in [0.1, 0.15) is 11.6 Å². The number of methoxy groups -OCH3 is 1. The highest BCUT2D eigenvalue weighted by atomic mass is 16.5. The quantitative estimate of drug-likeness (QED) is 0.834. The van der Waals surface area contributed by atoms with Crippen LogP contribution in [0.15, 0.2) is 36.5 Å². The molecular formula is C14H18N4O. The molecule has 0 bridgehead atoms. The van der Waals surface area contributed by atoms with E-state index in [0.29, 0.717) is 5.95 Å². The molecule has 1 heterocycles. The van der Waals surface area contributed by atoms with Gasteiger partial charge >= 0.3 is 0 Å². The largest absolute Gasteiger partial charge is 0.497 e. The van der Waals surface area contributed by atoms with Crippen LogP contribution >= 0.6 is 0 Å². The number of rotatable bonds is 6. The first kappa shape index (κ1) is 13.1. The molecule has 1 aromatic carbocycles. The van der Waals surface area contributed by atoms with Crippen molar-refractivity contribution in [2.24, 2.45) is 0 Å². The van der Waals surface area contributed by atoms with Gasteiger partial charge in [0.05, 0.1) is 7.11 Å². The topological polar surface area (TPSA) is 59.1 Å². The number of nitrogens with zero attached hydrogens (tertiary/aromatic N) is 2. The van der Waals surface area contributed by atoms with Crippen LogP contribution in [-0.4, -0.2) is 23.6 Å². The van der Waals surface area contributed by atoms with Crippen molar-refractivity contribution in [3.8, 4) is 5.75 Å². The normalized spacial score (nSPS) is 10.0. The predicted octanol–water partition coefficient (Wildman–Crippen LogP) is 3.05. The van der Waals surface area contributed by atoms with Crippen LogP contribution in [0.4, 0.5) is 17.5 Å². The van der Waals surface area contributed by atoms with Crippen molar-refractivity contribution in [1.82, 2.24) is 9.97 Å². The summed E-state index contributed by atoms with van der Waals surface area (Å²) in [5.74, 6) is 2.18. The molecule has 0 saturated carbocycles. The summed E-state index contributed by atoms with van der Waals surface area (Å²) in [6, 6.07) is 9.51. The molecule has 2 aromatic rings. The number of benzene rings is 1. The van der Waals surface area contributed by atoms with E-state index in [0.717, 1.165) is 30.2 Å². The maximum atomic E-state index is 5.18. The average Bonchev–Trinajstić information content (AvgIpc) is 2.46. The number of aromatic nitrogens is 2. The zero-order valence-corrected chi connectivity index (χ0v) is 11.2. The molecule has 0 aliphatic heterocycles. The van der Waals surface area contributed by atoms with Gasteiger partial charge in [-0.2, -0.15) is 4.98 Å². The Hall–Kier alpha value is -2.30. The lowest BCUT2D eigenvalue weighted by molar-refractivity contribution is 0.415. The molecule has 0 spiro atoms. The number of nitrogens with one attached hydrogen (secondary N) is 2. The first-order valence-electron chi connectivity index (χ1n) is 6.30. The molecule has 0 amide bonds. The smallest absolute Gasteiger partial charge is 0.229 e. The van der Waals surface area contributed by atoms with Crippen molar-refractivity contribution in [2.45, 2.75) is 13.3 Å². The summed E-state index contributed by atoms with van der Waals surface area (Å²) in [5.41, 5.74) is 0.895. The van der Waals surface area contributed by atoms with E-state index in [-0.39, 0.29) is 0 Å². The third-order valence-electron chi connectivity index (χ3n) is 2.54. The van der Waals surface area contributed by atoms with E-state index in [2.05, 4.69) is 27.5 Å². The van der Waals surface area contributed by atoms with Crippen molar-refractivity contribution >= 4 is 17.5 Å². The summed E-state index contributed by atoms with van der Waals surface area (Å²) in [7, 11) is 1.64. The molecule has 5 nitrogen and oxygen atoms in total. The minimum Gasteiger partial charge on any atom is -0.497 e. The second-order valence-corrected chi connectivity index (χ2v) is 4.05. The molecule has 2 N–H and O–H groups in total. The van der Waals surface area contributed by atoms with E-state index in [1.807, 2.05) is 30.3 Å². The second-order valence-electron chi connectivity index (χ2n) is 4.05. The van der Waals surface area contributed by atoms with Crippen molar-refractivity contribution in [1.29, 1.82) is 0 Å². The monoisotopic (exact) mass is 258 g/mol. The molecule has 0 radical (unpaired) electrons. The van der Waals surface area contributed by atoms with Gasteiger partial charge in [-0.15, -0.1) is 0 Å². The van der Waals surface area contributed by atoms with Crippen LogP contribution in [0.5, 0.6) is 5.75 Å². The van der Waals surface area contributed by atoms with Gasteiger partial charge in [-0.25, -0.2) is 4.98 Å². The lowest BCUT2D eigenvalue weighted by Crippen LogP contribution is -2.04. The summed E-state index contributed by atoms with van der Waals surface area (Å²) in [4.78, 5) is 8.58. The fourth-order valence-electron chi connectivity index (χ4n) is 1.60. The van der Waals surface area contributed by atoms with E-state index in [9.17, 15) is 0 Å². The Morgan fingerprint density at radius 1 is 1.26 bits per heavy atom. The van der Waals surface area contributed by atoms with E-state index in [1.165, 1.54) is 0 Å². The second kappa shape index (κ2) is 6.58. The fourth-order valence-corrected chi connectivity index (χ4v) is 1.60. The van der Waals surface area contributed by atoms with Gasteiger partial charge in [-0.1, -0.05) is 13.0 Å². The molecule has 1 aromatic heterocycles. The Kier molecular flexibility index (Phi) is 4.55. The van der Waals surface area contributed by atoms with Gasteiger partial charge in [-0.3, -0.25) is 0 Å². The van der Waals surface area contributed by atoms with Crippen LogP contribution in [0.3, 0.4) is 0 Å². The molecule has 0 unspecified atom stereocenters. The van der Waals surface area contributed by atoms with Crippen molar-refractivity contribution in [2.75, 3.05) is 24.3 Å². The van der Waals surface area contributed by atoms with Gasteiger partial charge in [0, 0.05) is 24.5 Å². The minimum absolute atomic E-state index is 0.564. The maximum absolute atomic E-state index is 5.18. The maximum Gasteiger partial charge on any atom is 0.229 e. The highest BCUT2D eigenvalue weighted by Crippen LogP contribution is 2.19. The third kappa shape index (κ3) is 3.84. The predicted molar refractivity (Wildman–Crippen MR) is 77.1 cm³/mol. The summed E-state index contributed by atoms with van der Waals surface area (Å²) in [5, 5.41) is 6.38. The van der Waals surface area contributed by atoms with Crippen molar-refractivity contribution in [3.05, 3.63) is 36.5 Å². The van der Waals surface area contributed by atoms with E-state index < -0.39 is 0 Å². The van der Waals surface area contributed by atoms with Gasteiger partial charge in [-0.05, 0) is 24.6 Å². The molecule has 0 fully saturated rings. The molecule has 100 valence electrons. The van der Waals surface area contributed by atoms with Gasteiger partial charge in [0.2, 0.25) is 5.95 Å². The Bertz CT molecular complexity index is 530. The zero-order valence-electron chi connectivity index (χ0n) is 11.2. The number of hydrogen-bond acceptors (Lipinski definition) is 5. The van der Waals surface area contributed by atoms with E-state index in [4.69, 9.17) is 4.74 Å². The fraction of sp³-hybridized carbons (Fsp3) is 0.286. The number of ether oxygens (including phenoxy) is 1. The van der Waals surface area contributed by atoms with Crippen molar-refractivity contribution < 1.29 is 4.74 Å². The Morgan fingerprint density at radius 2 is 2.16 bits per heavy atom. The van der Waals surface area contributed by atoms with Gasteiger partial charge in [0.25, 0.3) is 0 Å². The first-order valence-corrected chi connectivity index (χ1v) is 6.30. The molecule has 19 heavy (non-hydrogen) atoms. The molecule has 0 saturated heterocycles. The number of anilines is 3. The minimum atomic E-state index is 0.564. The lowest BCUT2D eigenvalue weighted by Gasteiger charge is -2.08. The van der Waals surface area contributed by atoms with Gasteiger partial charge in [0.15, 0.2) is 0 Å². The highest BCUT2D eigenvalue weighted by molar-refractivity contribution is 5.56. The zero-order chi connectivity index (χ0) is 13.5. The first-order chi connectivity index (χ1) is 9.31.